The lowest BCUT2D eigenvalue weighted by Gasteiger charge is -2.28. The number of H-pyrrole nitrogens is 1. The maximum atomic E-state index is 12.9. The Morgan fingerprint density at radius 1 is 1.24 bits per heavy atom. The summed E-state index contributed by atoms with van der Waals surface area (Å²) >= 11 is 0. The van der Waals surface area contributed by atoms with Crippen LogP contribution in [0, 0.1) is 0 Å². The second-order valence-electron chi connectivity index (χ2n) is 6.60. The van der Waals surface area contributed by atoms with Crippen molar-refractivity contribution in [1.29, 1.82) is 0 Å². The third-order valence-electron chi connectivity index (χ3n) is 3.66. The van der Waals surface area contributed by atoms with Crippen LogP contribution in [0.25, 0.3) is 11.5 Å². The van der Waals surface area contributed by atoms with Gasteiger partial charge in [0, 0.05) is 19.2 Å². The first-order chi connectivity index (χ1) is 11.9. The molecule has 0 aliphatic rings. The smallest absolute Gasteiger partial charge is 0.274 e. The first-order valence-electron chi connectivity index (χ1n) is 8.07. The molecule has 2 aromatic heterocycles. The number of aromatic nitrogens is 2. The second kappa shape index (κ2) is 6.94. The largest absolute Gasteiger partial charge is 0.463 e. The number of aliphatic hydroxyl groups is 1. The Bertz CT molecular complexity index is 817. The molecule has 6 heteroatoms. The van der Waals surface area contributed by atoms with E-state index >= 15 is 0 Å². The van der Waals surface area contributed by atoms with Gasteiger partial charge in [-0.3, -0.25) is 9.89 Å². The van der Waals surface area contributed by atoms with Crippen molar-refractivity contribution in [1.82, 2.24) is 15.1 Å². The van der Waals surface area contributed by atoms with E-state index in [-0.39, 0.29) is 18.1 Å². The highest BCUT2D eigenvalue weighted by atomic mass is 16.3. The summed E-state index contributed by atoms with van der Waals surface area (Å²) in [5, 5.41) is 17.1. The van der Waals surface area contributed by atoms with E-state index in [9.17, 15) is 9.90 Å². The molecule has 3 aromatic rings. The quantitative estimate of drug-likeness (QED) is 0.723. The van der Waals surface area contributed by atoms with E-state index in [1.807, 2.05) is 30.3 Å². The normalized spacial score (nSPS) is 11.5. The van der Waals surface area contributed by atoms with Gasteiger partial charge in [-0.25, -0.2) is 0 Å². The molecular weight excluding hydrogens is 318 g/mol. The molecule has 0 radical (unpaired) electrons. The highest BCUT2D eigenvalue weighted by molar-refractivity contribution is 5.93. The summed E-state index contributed by atoms with van der Waals surface area (Å²) < 4.78 is 5.31. The molecule has 0 fully saturated rings. The van der Waals surface area contributed by atoms with Crippen molar-refractivity contribution in [2.24, 2.45) is 0 Å². The van der Waals surface area contributed by atoms with Crippen LogP contribution in [0.3, 0.4) is 0 Å². The summed E-state index contributed by atoms with van der Waals surface area (Å²) in [5.74, 6) is 0.365. The molecule has 1 aromatic carbocycles. The zero-order chi connectivity index (χ0) is 17.9. The topological polar surface area (TPSA) is 82.4 Å². The molecular formula is C19H21N3O3. The van der Waals surface area contributed by atoms with E-state index in [1.54, 1.807) is 43.2 Å². The SMILES string of the molecule is CC(C)(O)CN(Cc1ccccc1)C(=O)c1cc(-c2ccco2)[nH]n1. The molecule has 2 heterocycles. The summed E-state index contributed by atoms with van der Waals surface area (Å²) in [4.78, 5) is 14.5. The average molecular weight is 339 g/mol. The van der Waals surface area contributed by atoms with Crippen molar-refractivity contribution in [3.05, 3.63) is 66.1 Å². The molecule has 0 saturated heterocycles. The van der Waals surface area contributed by atoms with Crippen molar-refractivity contribution < 1.29 is 14.3 Å². The van der Waals surface area contributed by atoms with Crippen molar-refractivity contribution in [2.75, 3.05) is 6.54 Å². The average Bonchev–Trinajstić information content (AvgIpc) is 3.24. The molecule has 0 aliphatic heterocycles. The van der Waals surface area contributed by atoms with Gasteiger partial charge in [-0.2, -0.15) is 5.10 Å². The van der Waals surface area contributed by atoms with Gasteiger partial charge >= 0.3 is 0 Å². The van der Waals surface area contributed by atoms with Gasteiger partial charge in [0.05, 0.1) is 11.9 Å². The Hall–Kier alpha value is -2.86. The van der Waals surface area contributed by atoms with Crippen LogP contribution >= 0.6 is 0 Å². The standard InChI is InChI=1S/C19H21N3O3/c1-19(2,24)13-22(12-14-7-4-3-5-8-14)18(23)16-11-15(20-21-16)17-9-6-10-25-17/h3-11,24H,12-13H2,1-2H3,(H,20,21). The summed E-state index contributed by atoms with van der Waals surface area (Å²) in [6.45, 7) is 3.95. The number of hydrogen-bond donors (Lipinski definition) is 2. The molecule has 0 saturated carbocycles. The van der Waals surface area contributed by atoms with Crippen LogP contribution in [-0.2, 0) is 6.54 Å². The molecule has 0 bridgehead atoms. The van der Waals surface area contributed by atoms with Crippen LogP contribution in [0.5, 0.6) is 0 Å². The number of furan rings is 1. The van der Waals surface area contributed by atoms with Crippen LogP contribution in [0.4, 0.5) is 0 Å². The van der Waals surface area contributed by atoms with Gasteiger partial charge in [0.25, 0.3) is 5.91 Å². The summed E-state index contributed by atoms with van der Waals surface area (Å²) in [6, 6.07) is 14.9. The van der Waals surface area contributed by atoms with Crippen LogP contribution in [0.2, 0.25) is 0 Å². The number of nitrogens with one attached hydrogen (secondary N) is 1. The van der Waals surface area contributed by atoms with E-state index in [0.717, 1.165) is 5.56 Å². The fourth-order valence-electron chi connectivity index (χ4n) is 2.62. The maximum Gasteiger partial charge on any atom is 0.274 e. The number of hydrogen-bond acceptors (Lipinski definition) is 4. The fourth-order valence-corrected chi connectivity index (χ4v) is 2.62. The minimum Gasteiger partial charge on any atom is -0.463 e. The van der Waals surface area contributed by atoms with Crippen LogP contribution in [0.15, 0.2) is 59.2 Å². The van der Waals surface area contributed by atoms with Gasteiger partial charge < -0.3 is 14.4 Å². The van der Waals surface area contributed by atoms with E-state index in [0.29, 0.717) is 18.0 Å². The predicted molar refractivity (Wildman–Crippen MR) is 93.8 cm³/mol. The summed E-state index contributed by atoms with van der Waals surface area (Å²) in [7, 11) is 0. The molecule has 130 valence electrons. The fraction of sp³-hybridized carbons (Fsp3) is 0.263. The number of nitrogens with zero attached hydrogens (tertiary/aromatic N) is 2. The Morgan fingerprint density at radius 3 is 2.64 bits per heavy atom. The van der Waals surface area contributed by atoms with Crippen molar-refractivity contribution in [3.63, 3.8) is 0 Å². The molecule has 3 rings (SSSR count). The Balaban J connectivity index is 1.83. The van der Waals surface area contributed by atoms with Gasteiger partial charge in [-0.15, -0.1) is 0 Å². The maximum absolute atomic E-state index is 12.9. The van der Waals surface area contributed by atoms with Gasteiger partial charge in [-0.1, -0.05) is 30.3 Å². The zero-order valence-electron chi connectivity index (χ0n) is 14.3. The summed E-state index contributed by atoms with van der Waals surface area (Å²) in [5.41, 5.74) is 0.898. The minimum absolute atomic E-state index is 0.198. The van der Waals surface area contributed by atoms with Crippen molar-refractivity contribution in [3.8, 4) is 11.5 Å². The van der Waals surface area contributed by atoms with Gasteiger partial charge in [0.1, 0.15) is 5.69 Å². The third-order valence-corrected chi connectivity index (χ3v) is 3.66. The molecule has 2 N–H and O–H groups in total. The van der Waals surface area contributed by atoms with Crippen molar-refractivity contribution >= 4 is 5.91 Å². The lowest BCUT2D eigenvalue weighted by Crippen LogP contribution is -2.42. The molecule has 25 heavy (non-hydrogen) atoms. The van der Waals surface area contributed by atoms with Crippen LogP contribution < -0.4 is 0 Å². The van der Waals surface area contributed by atoms with E-state index < -0.39 is 5.60 Å². The Morgan fingerprint density at radius 2 is 2.00 bits per heavy atom. The number of carbonyl (C=O) groups is 1. The molecule has 1 amide bonds. The number of amides is 1. The van der Waals surface area contributed by atoms with E-state index in [4.69, 9.17) is 4.42 Å². The molecule has 0 spiro atoms. The predicted octanol–water partition coefficient (Wildman–Crippen LogP) is 3.08. The molecule has 0 aliphatic carbocycles. The first kappa shape index (κ1) is 17.0. The third kappa shape index (κ3) is 4.36. The molecule has 0 unspecified atom stereocenters. The molecule has 0 atom stereocenters. The summed E-state index contributed by atoms with van der Waals surface area (Å²) in [6.07, 6.45) is 1.56. The number of carbonyl (C=O) groups excluding carboxylic acids is 1. The van der Waals surface area contributed by atoms with Crippen LogP contribution in [0.1, 0.15) is 29.9 Å². The zero-order valence-corrected chi connectivity index (χ0v) is 14.3. The molecule has 6 nitrogen and oxygen atoms in total. The Labute approximate surface area is 146 Å². The number of rotatable bonds is 6. The Kier molecular flexibility index (Phi) is 4.72. The van der Waals surface area contributed by atoms with Gasteiger partial charge in [0.15, 0.2) is 11.5 Å². The second-order valence-corrected chi connectivity index (χ2v) is 6.60. The van der Waals surface area contributed by atoms with Gasteiger partial charge in [0.2, 0.25) is 0 Å². The highest BCUT2D eigenvalue weighted by Gasteiger charge is 2.25. The minimum atomic E-state index is -1.01. The highest BCUT2D eigenvalue weighted by Crippen LogP contribution is 2.20. The number of aromatic amines is 1. The monoisotopic (exact) mass is 339 g/mol. The first-order valence-corrected chi connectivity index (χ1v) is 8.07. The lowest BCUT2D eigenvalue weighted by atomic mass is 10.1. The van der Waals surface area contributed by atoms with E-state index in [2.05, 4.69) is 10.2 Å². The van der Waals surface area contributed by atoms with Gasteiger partial charge in [-0.05, 0) is 31.5 Å². The van der Waals surface area contributed by atoms with E-state index in [1.165, 1.54) is 0 Å². The lowest BCUT2D eigenvalue weighted by molar-refractivity contribution is 0.0277. The van der Waals surface area contributed by atoms with Crippen molar-refractivity contribution in [2.45, 2.75) is 26.0 Å². The van der Waals surface area contributed by atoms with Crippen LogP contribution in [-0.4, -0.2) is 38.3 Å². The number of benzene rings is 1.